The summed E-state index contributed by atoms with van der Waals surface area (Å²) in [5.74, 6) is -0.839. The summed E-state index contributed by atoms with van der Waals surface area (Å²) in [7, 11) is 0. The lowest BCUT2D eigenvalue weighted by Gasteiger charge is -2.20. The van der Waals surface area contributed by atoms with Crippen molar-refractivity contribution in [3.8, 4) is 0 Å². The summed E-state index contributed by atoms with van der Waals surface area (Å²) in [6.45, 7) is 0. The maximum Gasteiger partial charge on any atom is 0.323 e. The van der Waals surface area contributed by atoms with Crippen molar-refractivity contribution < 1.29 is 14.6 Å². The van der Waals surface area contributed by atoms with Crippen molar-refractivity contribution >= 4 is 21.9 Å². The van der Waals surface area contributed by atoms with Gasteiger partial charge >= 0.3 is 5.97 Å². The molecule has 3 unspecified atom stereocenters. The van der Waals surface area contributed by atoms with E-state index < -0.39 is 10.3 Å². The Morgan fingerprint density at radius 2 is 2.45 bits per heavy atom. The van der Waals surface area contributed by atoms with E-state index in [1.54, 1.807) is 6.08 Å². The summed E-state index contributed by atoms with van der Waals surface area (Å²) in [6.07, 6.45) is 3.95. The standard InChI is InChI=1S/C7H7BrO3/c8-7(6(9)10)3-4-1-2-5(7)11-4/h1-2,4-5H,3H2,(H,9,10). The van der Waals surface area contributed by atoms with Crippen LogP contribution in [0, 0.1) is 0 Å². The van der Waals surface area contributed by atoms with Crippen LogP contribution in [0.1, 0.15) is 6.42 Å². The predicted molar refractivity (Wildman–Crippen MR) is 41.7 cm³/mol. The molecule has 0 radical (unpaired) electrons. The van der Waals surface area contributed by atoms with Gasteiger partial charge in [-0.15, -0.1) is 0 Å². The Morgan fingerprint density at radius 3 is 2.73 bits per heavy atom. The number of aliphatic carboxylic acids is 1. The van der Waals surface area contributed by atoms with Crippen LogP contribution in [0.4, 0.5) is 0 Å². The van der Waals surface area contributed by atoms with Gasteiger partial charge in [0.15, 0.2) is 4.32 Å². The fourth-order valence-electron chi connectivity index (χ4n) is 1.50. The SMILES string of the molecule is O=C(O)C1(Br)CC2C=CC1O2. The first-order valence-electron chi connectivity index (χ1n) is 3.39. The molecule has 2 aliphatic heterocycles. The number of hydrogen-bond donors (Lipinski definition) is 1. The maximum absolute atomic E-state index is 10.8. The monoisotopic (exact) mass is 218 g/mol. The average Bonchev–Trinajstić information content (AvgIpc) is 2.45. The van der Waals surface area contributed by atoms with E-state index in [1.807, 2.05) is 6.08 Å². The molecule has 0 aromatic heterocycles. The number of carboxylic acid groups (broad SMARTS) is 1. The number of carboxylic acids is 1. The molecule has 11 heavy (non-hydrogen) atoms. The summed E-state index contributed by atoms with van der Waals surface area (Å²) in [5.41, 5.74) is 0. The van der Waals surface area contributed by atoms with Crippen molar-refractivity contribution in [2.75, 3.05) is 0 Å². The van der Waals surface area contributed by atoms with Gasteiger partial charge in [0.05, 0.1) is 6.10 Å². The summed E-state index contributed by atoms with van der Waals surface area (Å²) in [4.78, 5) is 10.8. The minimum absolute atomic E-state index is 0.00419. The van der Waals surface area contributed by atoms with E-state index in [4.69, 9.17) is 9.84 Å². The van der Waals surface area contributed by atoms with E-state index in [2.05, 4.69) is 15.9 Å². The zero-order chi connectivity index (χ0) is 8.06. The summed E-state index contributed by atoms with van der Waals surface area (Å²) in [5, 5.41) is 8.83. The van der Waals surface area contributed by atoms with Gasteiger partial charge < -0.3 is 9.84 Å². The molecule has 1 saturated heterocycles. The summed E-state index contributed by atoms with van der Waals surface area (Å²) < 4.78 is 4.44. The first-order chi connectivity index (χ1) is 5.13. The van der Waals surface area contributed by atoms with Crippen LogP contribution in [0.15, 0.2) is 12.2 Å². The van der Waals surface area contributed by atoms with Gasteiger partial charge in [-0.2, -0.15) is 0 Å². The van der Waals surface area contributed by atoms with E-state index in [1.165, 1.54) is 0 Å². The molecular weight excluding hydrogens is 212 g/mol. The molecule has 2 aliphatic rings. The Hall–Kier alpha value is -0.350. The molecule has 2 rings (SSSR count). The second-order valence-corrected chi connectivity index (χ2v) is 4.27. The molecule has 4 heteroatoms. The minimum atomic E-state index is -0.869. The second kappa shape index (κ2) is 2.08. The number of fused-ring (bicyclic) bond motifs is 2. The number of ether oxygens (including phenoxy) is 1. The molecule has 1 fully saturated rings. The van der Waals surface area contributed by atoms with Crippen LogP contribution < -0.4 is 0 Å². The van der Waals surface area contributed by atoms with Gasteiger partial charge in [0.1, 0.15) is 6.10 Å². The van der Waals surface area contributed by atoms with E-state index in [9.17, 15) is 4.79 Å². The topological polar surface area (TPSA) is 46.5 Å². The fourth-order valence-corrected chi connectivity index (χ4v) is 2.08. The number of carbonyl (C=O) groups is 1. The minimum Gasteiger partial charge on any atom is -0.480 e. The Bertz CT molecular complexity index is 238. The quantitative estimate of drug-likeness (QED) is 0.527. The molecule has 0 amide bonds. The fraction of sp³-hybridized carbons (Fsp3) is 0.571. The predicted octanol–water partition coefficient (Wildman–Crippen LogP) is 0.932. The van der Waals surface area contributed by atoms with Crippen LogP contribution in [0.5, 0.6) is 0 Å². The maximum atomic E-state index is 10.8. The first-order valence-corrected chi connectivity index (χ1v) is 4.18. The lowest BCUT2D eigenvalue weighted by molar-refractivity contribution is -0.140. The Kier molecular flexibility index (Phi) is 1.38. The molecule has 2 bridgehead atoms. The molecule has 0 saturated carbocycles. The Labute approximate surface area is 72.2 Å². The van der Waals surface area contributed by atoms with Gasteiger partial charge in [-0.25, -0.2) is 0 Å². The van der Waals surface area contributed by atoms with Crippen molar-refractivity contribution in [3.05, 3.63) is 12.2 Å². The van der Waals surface area contributed by atoms with Crippen LogP contribution in [0.3, 0.4) is 0 Å². The zero-order valence-electron chi connectivity index (χ0n) is 5.66. The van der Waals surface area contributed by atoms with Gasteiger partial charge in [-0.3, -0.25) is 4.79 Å². The van der Waals surface area contributed by atoms with Gasteiger partial charge in [-0.1, -0.05) is 28.1 Å². The van der Waals surface area contributed by atoms with Crippen molar-refractivity contribution in [3.63, 3.8) is 0 Å². The molecule has 0 aliphatic carbocycles. The zero-order valence-corrected chi connectivity index (χ0v) is 7.24. The molecule has 3 nitrogen and oxygen atoms in total. The molecule has 2 heterocycles. The van der Waals surface area contributed by atoms with Crippen molar-refractivity contribution in [1.82, 2.24) is 0 Å². The smallest absolute Gasteiger partial charge is 0.323 e. The first kappa shape index (κ1) is 7.31. The highest BCUT2D eigenvalue weighted by atomic mass is 79.9. The normalized spacial score (nSPS) is 46.6. The largest absolute Gasteiger partial charge is 0.480 e. The van der Waals surface area contributed by atoms with Crippen molar-refractivity contribution in [2.45, 2.75) is 23.0 Å². The van der Waals surface area contributed by atoms with E-state index in [0.717, 1.165) is 0 Å². The Morgan fingerprint density at radius 1 is 1.73 bits per heavy atom. The third kappa shape index (κ3) is 0.858. The third-order valence-electron chi connectivity index (χ3n) is 2.13. The van der Waals surface area contributed by atoms with Crippen LogP contribution in [0.2, 0.25) is 0 Å². The highest BCUT2D eigenvalue weighted by Gasteiger charge is 2.53. The highest BCUT2D eigenvalue weighted by Crippen LogP contribution is 2.43. The van der Waals surface area contributed by atoms with Gasteiger partial charge in [0.2, 0.25) is 0 Å². The summed E-state index contributed by atoms with van der Waals surface area (Å²) in [6, 6.07) is 0. The second-order valence-electron chi connectivity index (χ2n) is 2.85. The van der Waals surface area contributed by atoms with E-state index in [-0.39, 0.29) is 12.2 Å². The number of rotatable bonds is 1. The van der Waals surface area contributed by atoms with E-state index in [0.29, 0.717) is 6.42 Å². The number of alkyl halides is 1. The van der Waals surface area contributed by atoms with Crippen LogP contribution in [-0.4, -0.2) is 27.6 Å². The molecule has 0 aromatic rings. The molecule has 1 N–H and O–H groups in total. The lowest BCUT2D eigenvalue weighted by Crippen LogP contribution is -2.39. The molecule has 3 atom stereocenters. The molecular formula is C7H7BrO3. The van der Waals surface area contributed by atoms with Gasteiger partial charge in [0.25, 0.3) is 0 Å². The lowest BCUT2D eigenvalue weighted by atomic mass is 9.94. The summed E-state index contributed by atoms with van der Waals surface area (Å²) >= 11 is 3.19. The van der Waals surface area contributed by atoms with Crippen LogP contribution >= 0.6 is 15.9 Å². The number of hydrogen-bond acceptors (Lipinski definition) is 2. The molecule has 0 spiro atoms. The van der Waals surface area contributed by atoms with Crippen molar-refractivity contribution in [1.29, 1.82) is 0 Å². The van der Waals surface area contributed by atoms with Crippen molar-refractivity contribution in [2.24, 2.45) is 0 Å². The van der Waals surface area contributed by atoms with E-state index >= 15 is 0 Å². The van der Waals surface area contributed by atoms with Gasteiger partial charge in [0, 0.05) is 6.42 Å². The third-order valence-corrected chi connectivity index (χ3v) is 3.24. The number of halogens is 1. The highest BCUT2D eigenvalue weighted by molar-refractivity contribution is 9.10. The van der Waals surface area contributed by atoms with Gasteiger partial charge in [-0.05, 0) is 0 Å². The molecule has 0 aromatic carbocycles. The van der Waals surface area contributed by atoms with Crippen LogP contribution in [0.25, 0.3) is 0 Å². The Balaban J connectivity index is 2.30. The van der Waals surface area contributed by atoms with Crippen LogP contribution in [-0.2, 0) is 9.53 Å². The molecule has 60 valence electrons. The average molecular weight is 219 g/mol.